The lowest BCUT2D eigenvalue weighted by molar-refractivity contribution is -0.152. The molecule has 3 saturated carbocycles. The average molecular weight is 397 g/mol. The molecule has 156 valence electrons. The van der Waals surface area contributed by atoms with Crippen LogP contribution < -0.4 is 10.6 Å². The number of fused-ring (bicyclic) bond motifs is 3. The quantitative estimate of drug-likeness (QED) is 0.806. The molecule has 4 atom stereocenters. The third-order valence-corrected chi connectivity index (χ3v) is 8.10. The van der Waals surface area contributed by atoms with Crippen LogP contribution in [0.1, 0.15) is 49.9 Å². The molecule has 1 spiro atoms. The van der Waals surface area contributed by atoms with Crippen molar-refractivity contribution >= 4 is 17.5 Å². The van der Waals surface area contributed by atoms with Crippen molar-refractivity contribution in [1.82, 2.24) is 15.1 Å². The second kappa shape index (κ2) is 6.73. The van der Waals surface area contributed by atoms with Gasteiger partial charge in [-0.2, -0.15) is 0 Å². The number of amides is 2. The van der Waals surface area contributed by atoms with E-state index in [-0.39, 0.29) is 23.2 Å². The van der Waals surface area contributed by atoms with Gasteiger partial charge in [-0.05, 0) is 49.8 Å². The van der Waals surface area contributed by atoms with Gasteiger partial charge in [0.05, 0.1) is 5.56 Å². The van der Waals surface area contributed by atoms with E-state index in [2.05, 4.69) is 34.3 Å². The number of carbonyl (C=O) groups excluding carboxylic acids is 2. The lowest BCUT2D eigenvalue weighted by Crippen LogP contribution is -2.70. The van der Waals surface area contributed by atoms with Crippen molar-refractivity contribution in [3.8, 4) is 0 Å². The molecule has 1 aromatic carbocycles. The molecule has 0 aromatic heterocycles. The zero-order chi connectivity index (χ0) is 20.2. The van der Waals surface area contributed by atoms with Crippen LogP contribution in [0.3, 0.4) is 0 Å². The second-order valence-electron chi connectivity index (χ2n) is 9.71. The highest BCUT2D eigenvalue weighted by Crippen LogP contribution is 2.58. The summed E-state index contributed by atoms with van der Waals surface area (Å²) in [6.07, 6.45) is 3.79. The third kappa shape index (κ3) is 2.95. The normalized spacial score (nSPS) is 36.5. The van der Waals surface area contributed by atoms with Gasteiger partial charge in [-0.3, -0.25) is 9.59 Å². The molecular weight excluding hydrogens is 364 g/mol. The van der Waals surface area contributed by atoms with Gasteiger partial charge in [-0.1, -0.05) is 26.0 Å². The molecule has 29 heavy (non-hydrogen) atoms. The third-order valence-electron chi connectivity index (χ3n) is 8.10. The first kappa shape index (κ1) is 18.9. The highest BCUT2D eigenvalue weighted by Gasteiger charge is 2.60. The number of hydrogen-bond acceptors (Lipinski definition) is 4. The van der Waals surface area contributed by atoms with Gasteiger partial charge in [0.25, 0.3) is 5.91 Å². The fraction of sp³-hybridized carbons (Fsp3) is 0.652. The van der Waals surface area contributed by atoms with Crippen LogP contribution in [-0.4, -0.2) is 60.0 Å². The van der Waals surface area contributed by atoms with Gasteiger partial charge >= 0.3 is 0 Å². The Labute approximate surface area is 173 Å². The number of para-hydroxylation sites is 1. The number of nitrogens with one attached hydrogen (secondary N) is 2. The van der Waals surface area contributed by atoms with E-state index in [4.69, 9.17) is 0 Å². The molecule has 6 rings (SSSR count). The molecule has 4 fully saturated rings. The molecule has 6 heteroatoms. The summed E-state index contributed by atoms with van der Waals surface area (Å²) >= 11 is 0. The minimum atomic E-state index is -0.421. The summed E-state index contributed by atoms with van der Waals surface area (Å²) in [5.74, 6) is 0.697. The van der Waals surface area contributed by atoms with Crippen molar-refractivity contribution in [2.75, 3.05) is 38.0 Å². The van der Waals surface area contributed by atoms with Crippen molar-refractivity contribution in [2.24, 2.45) is 17.3 Å². The molecule has 1 saturated heterocycles. The number of hydrogen-bond donors (Lipinski definition) is 2. The zero-order valence-corrected chi connectivity index (χ0v) is 17.5. The van der Waals surface area contributed by atoms with E-state index in [0.29, 0.717) is 11.5 Å². The highest BCUT2D eigenvalue weighted by atomic mass is 16.2. The summed E-state index contributed by atoms with van der Waals surface area (Å²) in [7, 11) is 0. The summed E-state index contributed by atoms with van der Waals surface area (Å²) in [4.78, 5) is 30.8. The molecule has 0 radical (unpaired) electrons. The standard InChI is InChI=1S/C23H32N4O2/c1-3-26-10-12-27(13-11-26)21(29)18-14-16-8-9-22(18,2)15-23(16)24-19-7-5-4-6-17(19)20(28)25-23/h4-7,16,18,24H,3,8-15H2,1-2H3,(H,25,28)/t16-,18+,22+,23-/m1/s1. The Morgan fingerprint density at radius 1 is 1.17 bits per heavy atom. The van der Waals surface area contributed by atoms with E-state index in [1.54, 1.807) is 0 Å². The predicted molar refractivity (Wildman–Crippen MR) is 113 cm³/mol. The van der Waals surface area contributed by atoms with Crippen molar-refractivity contribution in [3.05, 3.63) is 29.8 Å². The Kier molecular flexibility index (Phi) is 4.39. The summed E-state index contributed by atoms with van der Waals surface area (Å²) in [5, 5.41) is 7.00. The van der Waals surface area contributed by atoms with Crippen molar-refractivity contribution in [2.45, 2.75) is 45.2 Å². The summed E-state index contributed by atoms with van der Waals surface area (Å²) in [6.45, 7) is 9.15. The number of likely N-dealkylation sites (N-methyl/N-ethyl adjacent to an activating group) is 1. The maximum atomic E-state index is 13.5. The average Bonchev–Trinajstić information content (AvgIpc) is 2.73. The molecule has 3 aliphatic carbocycles. The van der Waals surface area contributed by atoms with E-state index in [1.165, 1.54) is 0 Å². The fourth-order valence-electron chi connectivity index (χ4n) is 6.33. The fourth-order valence-corrected chi connectivity index (χ4v) is 6.33. The largest absolute Gasteiger partial charge is 0.362 e. The predicted octanol–water partition coefficient (Wildman–Crippen LogP) is 2.53. The molecule has 2 heterocycles. The Balaban J connectivity index is 1.37. The number of anilines is 1. The van der Waals surface area contributed by atoms with Gasteiger partial charge in [0.1, 0.15) is 5.66 Å². The van der Waals surface area contributed by atoms with Crippen LogP contribution in [0.5, 0.6) is 0 Å². The van der Waals surface area contributed by atoms with E-state index in [1.807, 2.05) is 24.3 Å². The van der Waals surface area contributed by atoms with Crippen LogP contribution in [0.25, 0.3) is 0 Å². The highest BCUT2D eigenvalue weighted by molar-refractivity contribution is 6.02. The van der Waals surface area contributed by atoms with Gasteiger partial charge in [-0.15, -0.1) is 0 Å². The first-order chi connectivity index (χ1) is 13.9. The molecule has 6 nitrogen and oxygen atoms in total. The Bertz CT molecular complexity index is 834. The summed E-state index contributed by atoms with van der Waals surface area (Å²) in [5.41, 5.74) is 1.13. The van der Waals surface area contributed by atoms with E-state index in [9.17, 15) is 9.59 Å². The van der Waals surface area contributed by atoms with Crippen LogP contribution in [0, 0.1) is 17.3 Å². The van der Waals surface area contributed by atoms with Crippen molar-refractivity contribution in [3.63, 3.8) is 0 Å². The molecule has 2 amide bonds. The monoisotopic (exact) mass is 396 g/mol. The second-order valence-corrected chi connectivity index (χ2v) is 9.71. The lowest BCUT2D eigenvalue weighted by atomic mass is 9.51. The molecule has 1 aromatic rings. The topological polar surface area (TPSA) is 64.7 Å². The number of carbonyl (C=O) groups is 2. The molecular formula is C23H32N4O2. The number of benzene rings is 1. The Morgan fingerprint density at radius 3 is 2.66 bits per heavy atom. The van der Waals surface area contributed by atoms with Crippen molar-refractivity contribution in [1.29, 1.82) is 0 Å². The van der Waals surface area contributed by atoms with E-state index in [0.717, 1.165) is 64.1 Å². The van der Waals surface area contributed by atoms with Crippen LogP contribution in [0.15, 0.2) is 24.3 Å². The molecule has 2 N–H and O–H groups in total. The Hall–Kier alpha value is -2.08. The van der Waals surface area contributed by atoms with Crippen LogP contribution in [0.4, 0.5) is 5.69 Å². The van der Waals surface area contributed by atoms with Crippen molar-refractivity contribution < 1.29 is 9.59 Å². The van der Waals surface area contributed by atoms with Gasteiger partial charge in [0, 0.05) is 43.7 Å². The molecule has 0 unspecified atom stereocenters. The molecule has 2 aliphatic heterocycles. The van der Waals surface area contributed by atoms with Gasteiger partial charge in [0.2, 0.25) is 5.91 Å². The van der Waals surface area contributed by atoms with Gasteiger partial charge < -0.3 is 20.4 Å². The van der Waals surface area contributed by atoms with Crippen LogP contribution in [-0.2, 0) is 4.79 Å². The number of nitrogens with zero attached hydrogens (tertiary/aromatic N) is 2. The van der Waals surface area contributed by atoms with E-state index < -0.39 is 5.66 Å². The molecule has 2 bridgehead atoms. The first-order valence-corrected chi connectivity index (χ1v) is 11.1. The zero-order valence-electron chi connectivity index (χ0n) is 17.5. The first-order valence-electron chi connectivity index (χ1n) is 11.1. The smallest absolute Gasteiger partial charge is 0.255 e. The summed E-state index contributed by atoms with van der Waals surface area (Å²) in [6, 6.07) is 7.74. The minimum Gasteiger partial charge on any atom is -0.362 e. The SMILES string of the molecule is CCN1CCN(C(=O)[C@@H]2C[C@H]3CC[C@@]2(C)C[C@@]32NC(=O)c3ccccc3N2)CC1. The molecule has 5 aliphatic rings. The summed E-state index contributed by atoms with van der Waals surface area (Å²) < 4.78 is 0. The van der Waals surface area contributed by atoms with Crippen LogP contribution >= 0.6 is 0 Å². The van der Waals surface area contributed by atoms with Crippen LogP contribution in [0.2, 0.25) is 0 Å². The Morgan fingerprint density at radius 2 is 1.93 bits per heavy atom. The number of piperazine rings is 1. The minimum absolute atomic E-state index is 0.00839. The van der Waals surface area contributed by atoms with Gasteiger partial charge in [0.15, 0.2) is 0 Å². The maximum Gasteiger partial charge on any atom is 0.255 e. The maximum absolute atomic E-state index is 13.5. The van der Waals surface area contributed by atoms with Gasteiger partial charge in [-0.25, -0.2) is 0 Å². The van der Waals surface area contributed by atoms with E-state index >= 15 is 0 Å². The number of rotatable bonds is 2. The lowest BCUT2D eigenvalue weighted by Gasteiger charge is -2.61.